The van der Waals surface area contributed by atoms with Crippen molar-refractivity contribution in [2.45, 2.75) is 13.8 Å². The van der Waals surface area contributed by atoms with Crippen LogP contribution in [0.15, 0.2) is 30.7 Å². The summed E-state index contributed by atoms with van der Waals surface area (Å²) in [5.74, 6) is -0.581. The molecule has 3 aromatic rings. The minimum atomic E-state index is -0.513. The third-order valence-electron chi connectivity index (χ3n) is 3.33. The molecule has 0 aliphatic carbocycles. The number of benzene rings is 1. The molecule has 9 heteroatoms. The summed E-state index contributed by atoms with van der Waals surface area (Å²) in [6.45, 7) is 4.05. The van der Waals surface area contributed by atoms with E-state index in [1.54, 1.807) is 32.0 Å². The van der Waals surface area contributed by atoms with Gasteiger partial charge in [0.05, 0.1) is 29.0 Å². The molecule has 1 N–H and O–H groups in total. The number of hydrogen-bond donors (Lipinski definition) is 1. The molecule has 26 heavy (non-hydrogen) atoms. The Balaban J connectivity index is 1.88. The molecule has 0 atom stereocenters. The lowest BCUT2D eigenvalue weighted by Crippen LogP contribution is -2.09. The zero-order valence-corrected chi connectivity index (χ0v) is 15.0. The first-order valence-electron chi connectivity index (χ1n) is 7.94. The number of aromatic nitrogens is 3. The van der Waals surface area contributed by atoms with Crippen molar-refractivity contribution >= 4 is 44.4 Å². The number of anilines is 2. The Labute approximate surface area is 153 Å². The highest BCUT2D eigenvalue weighted by atomic mass is 32.1. The molecule has 8 nitrogen and oxygen atoms in total. The van der Waals surface area contributed by atoms with Gasteiger partial charge in [-0.2, -0.15) is 0 Å². The smallest absolute Gasteiger partial charge is 0.343 e. The fraction of sp³-hybridized carbons (Fsp3) is 0.235. The number of carbonyl (C=O) groups is 2. The molecule has 3 rings (SSSR count). The van der Waals surface area contributed by atoms with Gasteiger partial charge in [0.25, 0.3) is 0 Å². The topological polar surface area (TPSA) is 103 Å². The molecule has 0 aliphatic heterocycles. The summed E-state index contributed by atoms with van der Waals surface area (Å²) in [4.78, 5) is 36.2. The van der Waals surface area contributed by atoms with E-state index in [2.05, 4.69) is 20.3 Å². The fourth-order valence-corrected chi connectivity index (χ4v) is 3.11. The normalized spacial score (nSPS) is 10.5. The summed E-state index contributed by atoms with van der Waals surface area (Å²) < 4.78 is 10.8. The molecule has 0 aliphatic rings. The number of fused-ring (bicyclic) bond motifs is 1. The summed E-state index contributed by atoms with van der Waals surface area (Å²) in [5.41, 5.74) is 1.40. The van der Waals surface area contributed by atoms with E-state index in [-0.39, 0.29) is 18.1 Å². The maximum Gasteiger partial charge on any atom is 0.343 e. The van der Waals surface area contributed by atoms with Crippen LogP contribution in [0.5, 0.6) is 0 Å². The van der Waals surface area contributed by atoms with Crippen LogP contribution in [0, 0.1) is 0 Å². The Morgan fingerprint density at radius 1 is 1.15 bits per heavy atom. The summed E-state index contributed by atoms with van der Waals surface area (Å²) in [7, 11) is 0. The predicted molar refractivity (Wildman–Crippen MR) is 96.8 cm³/mol. The van der Waals surface area contributed by atoms with Crippen LogP contribution < -0.4 is 5.32 Å². The molecular weight excluding hydrogens is 356 g/mol. The van der Waals surface area contributed by atoms with Crippen molar-refractivity contribution in [3.63, 3.8) is 0 Å². The summed E-state index contributed by atoms with van der Waals surface area (Å²) in [5, 5.41) is 3.55. The van der Waals surface area contributed by atoms with Gasteiger partial charge in [-0.05, 0) is 32.0 Å². The first kappa shape index (κ1) is 17.7. The first-order valence-corrected chi connectivity index (χ1v) is 8.75. The van der Waals surface area contributed by atoms with Gasteiger partial charge in [-0.3, -0.25) is 0 Å². The SMILES string of the molecule is CCOC(=O)c1ccc2nc(Nc3ncncc3C(=O)OCC)sc2c1. The lowest BCUT2D eigenvalue weighted by Gasteiger charge is -2.07. The van der Waals surface area contributed by atoms with Crippen LogP contribution in [0.1, 0.15) is 34.6 Å². The number of ether oxygens (including phenoxy) is 2. The van der Waals surface area contributed by atoms with Gasteiger partial charge in [-0.1, -0.05) is 11.3 Å². The van der Waals surface area contributed by atoms with E-state index >= 15 is 0 Å². The van der Waals surface area contributed by atoms with Crippen molar-refractivity contribution < 1.29 is 19.1 Å². The van der Waals surface area contributed by atoms with Gasteiger partial charge in [0, 0.05) is 6.20 Å². The molecule has 1 aromatic carbocycles. The van der Waals surface area contributed by atoms with Crippen LogP contribution in [0.2, 0.25) is 0 Å². The van der Waals surface area contributed by atoms with Crippen LogP contribution in [0.4, 0.5) is 10.9 Å². The first-order chi connectivity index (χ1) is 12.6. The van der Waals surface area contributed by atoms with E-state index in [0.29, 0.717) is 23.1 Å². The molecule has 0 saturated carbocycles. The zero-order valence-electron chi connectivity index (χ0n) is 14.2. The number of carbonyl (C=O) groups excluding carboxylic acids is 2. The minimum absolute atomic E-state index is 0.223. The van der Waals surface area contributed by atoms with Gasteiger partial charge in [0.1, 0.15) is 17.7 Å². The number of esters is 2. The van der Waals surface area contributed by atoms with Gasteiger partial charge in [0.15, 0.2) is 5.13 Å². The largest absolute Gasteiger partial charge is 0.462 e. The zero-order chi connectivity index (χ0) is 18.5. The highest BCUT2D eigenvalue weighted by Crippen LogP contribution is 2.29. The summed E-state index contributed by atoms with van der Waals surface area (Å²) >= 11 is 1.33. The second-order valence-corrected chi connectivity index (χ2v) is 6.08. The molecular formula is C17H16N4O4S. The maximum atomic E-state index is 12.0. The third kappa shape index (κ3) is 3.77. The molecule has 0 radical (unpaired) electrons. The Kier molecular flexibility index (Phi) is 5.37. The van der Waals surface area contributed by atoms with Crippen LogP contribution in [-0.4, -0.2) is 40.1 Å². The number of thiazole rings is 1. The van der Waals surface area contributed by atoms with Gasteiger partial charge in [-0.15, -0.1) is 0 Å². The minimum Gasteiger partial charge on any atom is -0.462 e. The molecule has 0 amide bonds. The highest BCUT2D eigenvalue weighted by Gasteiger charge is 2.16. The van der Waals surface area contributed by atoms with Crippen molar-refractivity contribution in [1.29, 1.82) is 0 Å². The molecule has 0 saturated heterocycles. The summed E-state index contributed by atoms with van der Waals surface area (Å²) in [6, 6.07) is 5.14. The molecule has 2 aromatic heterocycles. The molecule has 0 bridgehead atoms. The highest BCUT2D eigenvalue weighted by molar-refractivity contribution is 7.22. The van der Waals surface area contributed by atoms with Crippen LogP contribution in [0.3, 0.4) is 0 Å². The van der Waals surface area contributed by atoms with Crippen molar-refractivity contribution in [2.75, 3.05) is 18.5 Å². The Morgan fingerprint density at radius 3 is 2.69 bits per heavy atom. The molecule has 2 heterocycles. The van der Waals surface area contributed by atoms with E-state index in [0.717, 1.165) is 10.2 Å². The second kappa shape index (κ2) is 7.87. The Morgan fingerprint density at radius 2 is 1.92 bits per heavy atom. The quantitative estimate of drug-likeness (QED) is 0.658. The van der Waals surface area contributed by atoms with E-state index in [1.807, 2.05) is 0 Å². The van der Waals surface area contributed by atoms with Crippen LogP contribution in [0.25, 0.3) is 10.2 Å². The maximum absolute atomic E-state index is 12.0. The molecule has 134 valence electrons. The van der Waals surface area contributed by atoms with E-state index in [4.69, 9.17) is 9.47 Å². The van der Waals surface area contributed by atoms with Crippen molar-refractivity contribution in [3.8, 4) is 0 Å². The second-order valence-electron chi connectivity index (χ2n) is 5.05. The predicted octanol–water partition coefficient (Wildman–Crippen LogP) is 3.18. The van der Waals surface area contributed by atoms with E-state index < -0.39 is 5.97 Å². The lowest BCUT2D eigenvalue weighted by atomic mass is 10.2. The molecule has 0 fully saturated rings. The molecule has 0 spiro atoms. The van der Waals surface area contributed by atoms with Crippen molar-refractivity contribution in [3.05, 3.63) is 41.9 Å². The van der Waals surface area contributed by atoms with Crippen molar-refractivity contribution in [2.24, 2.45) is 0 Å². The number of nitrogens with zero attached hydrogens (tertiary/aromatic N) is 3. The third-order valence-corrected chi connectivity index (χ3v) is 4.27. The average molecular weight is 372 g/mol. The van der Waals surface area contributed by atoms with Crippen molar-refractivity contribution in [1.82, 2.24) is 15.0 Å². The van der Waals surface area contributed by atoms with E-state index in [1.165, 1.54) is 23.9 Å². The van der Waals surface area contributed by atoms with E-state index in [9.17, 15) is 9.59 Å². The number of nitrogens with one attached hydrogen (secondary N) is 1. The van der Waals surface area contributed by atoms with Crippen LogP contribution >= 0.6 is 11.3 Å². The van der Waals surface area contributed by atoms with Gasteiger partial charge < -0.3 is 14.8 Å². The Bertz CT molecular complexity index is 957. The fourth-order valence-electron chi connectivity index (χ4n) is 2.21. The Hall–Kier alpha value is -3.07. The number of rotatable bonds is 6. The molecule has 0 unspecified atom stereocenters. The van der Waals surface area contributed by atoms with Gasteiger partial charge >= 0.3 is 11.9 Å². The summed E-state index contributed by atoms with van der Waals surface area (Å²) in [6.07, 6.45) is 2.72. The number of hydrogen-bond acceptors (Lipinski definition) is 9. The standard InChI is InChI=1S/C17H16N4O4S/c1-3-24-15(22)10-5-6-12-13(7-10)26-17(20-12)21-14-11(8-18-9-19-14)16(23)25-4-2/h5-9H,3-4H2,1-2H3,(H,18,19,20,21). The van der Waals surface area contributed by atoms with Gasteiger partial charge in [0.2, 0.25) is 0 Å². The van der Waals surface area contributed by atoms with Gasteiger partial charge in [-0.25, -0.2) is 24.5 Å². The van der Waals surface area contributed by atoms with Crippen LogP contribution in [-0.2, 0) is 9.47 Å². The average Bonchev–Trinajstić information content (AvgIpc) is 3.04. The monoisotopic (exact) mass is 372 g/mol. The lowest BCUT2D eigenvalue weighted by molar-refractivity contribution is 0.0517.